The zero-order valence-corrected chi connectivity index (χ0v) is 17.2. The largest absolute Gasteiger partial charge is 0.354 e. The van der Waals surface area contributed by atoms with Crippen LogP contribution in [0.25, 0.3) is 22.2 Å². The summed E-state index contributed by atoms with van der Waals surface area (Å²) < 4.78 is 15.3. The molecule has 1 saturated heterocycles. The molecule has 2 aromatic heterocycles. The average molecular weight is 417 g/mol. The number of carbonyl (C=O) groups excluding carboxylic acids is 1. The maximum absolute atomic E-state index is 13.4. The number of aryl methyl sites for hydroxylation is 1. The van der Waals surface area contributed by atoms with E-state index in [1.165, 1.54) is 12.1 Å². The molecule has 0 spiro atoms. The number of aromatic amines is 1. The van der Waals surface area contributed by atoms with Crippen LogP contribution in [-0.4, -0.2) is 43.6 Å². The van der Waals surface area contributed by atoms with Gasteiger partial charge in [-0.3, -0.25) is 4.79 Å². The molecule has 0 aliphatic carbocycles. The van der Waals surface area contributed by atoms with E-state index in [1.54, 1.807) is 24.8 Å². The Morgan fingerprint density at radius 3 is 2.61 bits per heavy atom. The monoisotopic (exact) mass is 417 g/mol. The fourth-order valence-corrected chi connectivity index (χ4v) is 4.50. The highest BCUT2D eigenvalue weighted by atomic mass is 19.1. The number of para-hydroxylation sites is 1. The number of hydrogen-bond donors (Lipinski definition) is 1. The van der Waals surface area contributed by atoms with Gasteiger partial charge in [-0.25, -0.2) is 14.1 Å². The SMILES string of the molecule is O=C(CCc1c(-c2ccc(F)cc2)[nH]c2ccccc12)N1CCC(n2cncn2)CC1. The number of carbonyl (C=O) groups is 1. The summed E-state index contributed by atoms with van der Waals surface area (Å²) in [5.74, 6) is -0.0849. The molecule has 158 valence electrons. The Hall–Kier alpha value is -3.48. The Bertz CT molecular complexity index is 1170. The van der Waals surface area contributed by atoms with Crippen molar-refractivity contribution in [2.24, 2.45) is 0 Å². The number of nitrogens with one attached hydrogen (secondary N) is 1. The van der Waals surface area contributed by atoms with Gasteiger partial charge in [-0.2, -0.15) is 5.10 Å². The number of rotatable bonds is 5. The van der Waals surface area contributed by atoms with E-state index in [2.05, 4.69) is 21.1 Å². The molecule has 0 bridgehead atoms. The van der Waals surface area contributed by atoms with Gasteiger partial charge in [0.2, 0.25) is 5.91 Å². The van der Waals surface area contributed by atoms with Crippen LogP contribution in [0.2, 0.25) is 0 Å². The first-order valence-electron chi connectivity index (χ1n) is 10.7. The van der Waals surface area contributed by atoms with Crippen molar-refractivity contribution in [3.05, 3.63) is 72.6 Å². The zero-order valence-electron chi connectivity index (χ0n) is 17.2. The highest BCUT2D eigenvalue weighted by molar-refractivity contribution is 5.91. The normalized spacial score (nSPS) is 14.9. The lowest BCUT2D eigenvalue weighted by Crippen LogP contribution is -2.39. The minimum Gasteiger partial charge on any atom is -0.354 e. The van der Waals surface area contributed by atoms with Gasteiger partial charge < -0.3 is 9.88 Å². The van der Waals surface area contributed by atoms with Crippen molar-refractivity contribution >= 4 is 16.8 Å². The molecule has 0 radical (unpaired) electrons. The van der Waals surface area contributed by atoms with Crippen LogP contribution in [0, 0.1) is 5.82 Å². The Balaban J connectivity index is 1.31. The molecule has 7 heteroatoms. The second kappa shape index (κ2) is 8.34. The molecule has 2 aromatic carbocycles. The predicted molar refractivity (Wildman–Crippen MR) is 117 cm³/mol. The number of H-pyrrole nitrogens is 1. The summed E-state index contributed by atoms with van der Waals surface area (Å²) in [4.78, 5) is 22.4. The number of hydrogen-bond acceptors (Lipinski definition) is 3. The molecule has 1 aliphatic heterocycles. The molecule has 3 heterocycles. The first kappa shape index (κ1) is 19.5. The van der Waals surface area contributed by atoms with Crippen LogP contribution in [0.4, 0.5) is 4.39 Å². The lowest BCUT2D eigenvalue weighted by molar-refractivity contribution is -0.132. The van der Waals surface area contributed by atoms with Gasteiger partial charge in [0, 0.05) is 36.1 Å². The van der Waals surface area contributed by atoms with E-state index in [-0.39, 0.29) is 11.7 Å². The molecular formula is C24H24FN5O. The van der Waals surface area contributed by atoms with Crippen molar-refractivity contribution in [1.82, 2.24) is 24.6 Å². The molecule has 0 saturated carbocycles. The fourth-order valence-electron chi connectivity index (χ4n) is 4.50. The maximum atomic E-state index is 13.4. The van der Waals surface area contributed by atoms with Gasteiger partial charge in [0.15, 0.2) is 0 Å². The lowest BCUT2D eigenvalue weighted by Gasteiger charge is -2.32. The minimum absolute atomic E-state index is 0.173. The molecule has 4 aromatic rings. The van der Waals surface area contributed by atoms with Crippen LogP contribution >= 0.6 is 0 Å². The third-order valence-electron chi connectivity index (χ3n) is 6.16. The zero-order chi connectivity index (χ0) is 21.2. The molecule has 6 nitrogen and oxygen atoms in total. The molecule has 1 N–H and O–H groups in total. The third-order valence-corrected chi connectivity index (χ3v) is 6.16. The summed E-state index contributed by atoms with van der Waals surface area (Å²) >= 11 is 0. The maximum Gasteiger partial charge on any atom is 0.222 e. The fraction of sp³-hybridized carbons (Fsp3) is 0.292. The Labute approximate surface area is 179 Å². The number of benzene rings is 2. The van der Waals surface area contributed by atoms with E-state index in [9.17, 15) is 9.18 Å². The number of likely N-dealkylation sites (tertiary alicyclic amines) is 1. The van der Waals surface area contributed by atoms with Crippen LogP contribution < -0.4 is 0 Å². The van der Waals surface area contributed by atoms with Crippen LogP contribution in [0.15, 0.2) is 61.2 Å². The summed E-state index contributed by atoms with van der Waals surface area (Å²) in [5.41, 5.74) is 4.01. The minimum atomic E-state index is -0.258. The van der Waals surface area contributed by atoms with E-state index in [1.807, 2.05) is 27.8 Å². The highest BCUT2D eigenvalue weighted by Crippen LogP contribution is 2.32. The van der Waals surface area contributed by atoms with Gasteiger partial charge in [-0.1, -0.05) is 18.2 Å². The smallest absolute Gasteiger partial charge is 0.222 e. The van der Waals surface area contributed by atoms with Crippen molar-refractivity contribution in [1.29, 1.82) is 0 Å². The Kier molecular flexibility index (Phi) is 5.24. The highest BCUT2D eigenvalue weighted by Gasteiger charge is 2.24. The third kappa shape index (κ3) is 3.95. The van der Waals surface area contributed by atoms with Crippen molar-refractivity contribution in [3.8, 4) is 11.3 Å². The molecular weight excluding hydrogens is 393 g/mol. The predicted octanol–water partition coefficient (Wildman–Crippen LogP) is 4.36. The molecule has 0 atom stereocenters. The van der Waals surface area contributed by atoms with Crippen molar-refractivity contribution < 1.29 is 9.18 Å². The van der Waals surface area contributed by atoms with Gasteiger partial charge in [-0.05, 0) is 60.7 Å². The van der Waals surface area contributed by atoms with Crippen LogP contribution in [0.1, 0.15) is 30.9 Å². The van der Waals surface area contributed by atoms with Crippen molar-refractivity contribution in [2.75, 3.05) is 13.1 Å². The molecule has 1 fully saturated rings. The number of nitrogens with zero attached hydrogens (tertiary/aromatic N) is 4. The number of halogens is 1. The van der Waals surface area contributed by atoms with Crippen molar-refractivity contribution in [3.63, 3.8) is 0 Å². The Morgan fingerprint density at radius 1 is 1.10 bits per heavy atom. The van der Waals surface area contributed by atoms with Crippen LogP contribution in [-0.2, 0) is 11.2 Å². The summed E-state index contributed by atoms with van der Waals surface area (Å²) in [5, 5.41) is 5.34. The van der Waals surface area contributed by atoms with Gasteiger partial charge in [0.1, 0.15) is 18.5 Å². The molecule has 1 amide bonds. The molecule has 1 aliphatic rings. The van der Waals surface area contributed by atoms with E-state index >= 15 is 0 Å². The molecule has 0 unspecified atom stereocenters. The van der Waals surface area contributed by atoms with Gasteiger partial charge in [0.05, 0.1) is 6.04 Å². The van der Waals surface area contributed by atoms with E-state index < -0.39 is 0 Å². The van der Waals surface area contributed by atoms with Crippen molar-refractivity contribution in [2.45, 2.75) is 31.7 Å². The second-order valence-corrected chi connectivity index (χ2v) is 8.02. The summed E-state index contributed by atoms with van der Waals surface area (Å²) in [6.07, 6.45) is 6.17. The standard InChI is InChI=1S/C24H24FN5O/c25-18-7-5-17(6-8-18)24-21(20-3-1-2-4-22(20)28-24)9-10-23(31)29-13-11-19(12-14-29)30-16-26-15-27-30/h1-8,15-16,19,28H,9-14H2. The summed E-state index contributed by atoms with van der Waals surface area (Å²) in [6, 6.07) is 14.9. The average Bonchev–Trinajstić information content (AvgIpc) is 3.46. The van der Waals surface area contributed by atoms with Gasteiger partial charge >= 0.3 is 0 Å². The van der Waals surface area contributed by atoms with Crippen LogP contribution in [0.3, 0.4) is 0 Å². The quantitative estimate of drug-likeness (QED) is 0.525. The first-order valence-corrected chi connectivity index (χ1v) is 10.7. The summed E-state index contributed by atoms with van der Waals surface area (Å²) in [6.45, 7) is 1.48. The van der Waals surface area contributed by atoms with Gasteiger partial charge in [-0.15, -0.1) is 0 Å². The van der Waals surface area contributed by atoms with E-state index in [0.29, 0.717) is 18.9 Å². The first-order chi connectivity index (χ1) is 15.2. The molecule has 5 rings (SSSR count). The molecule has 31 heavy (non-hydrogen) atoms. The number of amides is 1. The topological polar surface area (TPSA) is 66.8 Å². The van der Waals surface area contributed by atoms with E-state index in [0.717, 1.165) is 53.7 Å². The Morgan fingerprint density at radius 2 is 1.87 bits per heavy atom. The number of piperidine rings is 1. The van der Waals surface area contributed by atoms with E-state index in [4.69, 9.17) is 0 Å². The lowest BCUT2D eigenvalue weighted by atomic mass is 10.00. The summed E-state index contributed by atoms with van der Waals surface area (Å²) in [7, 11) is 0. The van der Waals surface area contributed by atoms with Gasteiger partial charge in [0.25, 0.3) is 0 Å². The number of fused-ring (bicyclic) bond motifs is 1. The number of aromatic nitrogens is 4. The second-order valence-electron chi connectivity index (χ2n) is 8.02. The van der Waals surface area contributed by atoms with Crippen LogP contribution in [0.5, 0.6) is 0 Å².